The lowest BCUT2D eigenvalue weighted by atomic mass is 9.98. The molecule has 9 heteroatoms. The topological polar surface area (TPSA) is 134 Å². The summed E-state index contributed by atoms with van der Waals surface area (Å²) in [5.74, 6) is -2.50. The van der Waals surface area contributed by atoms with Gasteiger partial charge in [-0.2, -0.15) is 0 Å². The number of carbonyl (C=O) groups is 4. The second-order valence-corrected chi connectivity index (χ2v) is 8.94. The molecule has 196 valence electrons. The van der Waals surface area contributed by atoms with Gasteiger partial charge in [-0.15, -0.1) is 0 Å². The number of ether oxygens (including phenoxy) is 1. The quantitative estimate of drug-likeness (QED) is 0.310. The summed E-state index contributed by atoms with van der Waals surface area (Å²) in [6.45, 7) is -0.690. The first-order valence-corrected chi connectivity index (χ1v) is 12.3. The van der Waals surface area contributed by atoms with Gasteiger partial charge in [0.05, 0.1) is 6.54 Å². The molecule has 1 atom stereocenters. The third-order valence-electron chi connectivity index (χ3n) is 6.38. The highest BCUT2D eigenvalue weighted by Crippen LogP contribution is 2.44. The summed E-state index contributed by atoms with van der Waals surface area (Å²) in [5.41, 5.74) is 5.34. The van der Waals surface area contributed by atoms with E-state index in [2.05, 4.69) is 16.0 Å². The Balaban J connectivity index is 1.18. The molecule has 3 aromatic rings. The number of hydrogen-bond donors (Lipinski definition) is 4. The van der Waals surface area contributed by atoms with E-state index in [1.165, 1.54) is 0 Å². The monoisotopic (exact) mass is 515 g/mol. The van der Waals surface area contributed by atoms with Gasteiger partial charge in [0.25, 0.3) is 0 Å². The molecule has 1 aliphatic rings. The second-order valence-electron chi connectivity index (χ2n) is 8.94. The molecule has 1 aliphatic carbocycles. The van der Waals surface area contributed by atoms with E-state index < -0.39 is 36.5 Å². The fraction of sp³-hybridized carbons (Fsp3) is 0.241. The standard InChI is InChI=1S/C29H29N3O6/c33-26(30-17-27(34)32-25(28(35)36)15-14-19-8-2-1-3-9-19)16-31-29(37)38-18-24-22-12-6-4-10-20(22)21-11-5-7-13-23(21)24/h1-13,24-25H,14-18H2,(H,30,33)(H,31,37)(H,32,34)(H,35,36)/t25-/m0/s1. The zero-order valence-corrected chi connectivity index (χ0v) is 20.7. The highest BCUT2D eigenvalue weighted by molar-refractivity contribution is 5.89. The number of hydrogen-bond acceptors (Lipinski definition) is 5. The lowest BCUT2D eigenvalue weighted by molar-refractivity contribution is -0.141. The third kappa shape index (κ3) is 6.76. The zero-order valence-electron chi connectivity index (χ0n) is 20.7. The van der Waals surface area contributed by atoms with Crippen molar-refractivity contribution in [3.63, 3.8) is 0 Å². The van der Waals surface area contributed by atoms with Gasteiger partial charge in [-0.1, -0.05) is 78.9 Å². The zero-order chi connectivity index (χ0) is 26.9. The van der Waals surface area contributed by atoms with Gasteiger partial charge in [0.2, 0.25) is 11.8 Å². The van der Waals surface area contributed by atoms with Crippen molar-refractivity contribution in [1.82, 2.24) is 16.0 Å². The Morgan fingerprint density at radius 1 is 0.763 bits per heavy atom. The number of benzene rings is 3. The van der Waals surface area contributed by atoms with Gasteiger partial charge < -0.3 is 25.8 Å². The molecule has 0 saturated heterocycles. The average molecular weight is 516 g/mol. The molecule has 9 nitrogen and oxygen atoms in total. The Labute approximate surface area is 220 Å². The van der Waals surface area contributed by atoms with Gasteiger partial charge in [-0.05, 0) is 40.7 Å². The van der Waals surface area contributed by atoms with Crippen LogP contribution in [0.3, 0.4) is 0 Å². The lowest BCUT2D eigenvalue weighted by Gasteiger charge is -2.15. The van der Waals surface area contributed by atoms with E-state index in [4.69, 9.17) is 4.74 Å². The second kappa shape index (κ2) is 12.5. The summed E-state index contributed by atoms with van der Waals surface area (Å²) in [4.78, 5) is 48.0. The van der Waals surface area contributed by atoms with Crippen molar-refractivity contribution in [2.45, 2.75) is 24.8 Å². The van der Waals surface area contributed by atoms with E-state index in [1.807, 2.05) is 78.9 Å². The van der Waals surface area contributed by atoms with Gasteiger partial charge in [-0.3, -0.25) is 9.59 Å². The van der Waals surface area contributed by atoms with Crippen molar-refractivity contribution in [3.8, 4) is 11.1 Å². The highest BCUT2D eigenvalue weighted by Gasteiger charge is 2.29. The van der Waals surface area contributed by atoms with E-state index in [1.54, 1.807) is 0 Å². The largest absolute Gasteiger partial charge is 0.480 e. The van der Waals surface area contributed by atoms with E-state index in [-0.39, 0.29) is 25.5 Å². The number of aliphatic carboxylic acids is 1. The molecule has 3 aromatic carbocycles. The Hall–Kier alpha value is -4.66. The Kier molecular flexibility index (Phi) is 8.71. The van der Waals surface area contributed by atoms with E-state index >= 15 is 0 Å². The number of amides is 3. The van der Waals surface area contributed by atoms with Gasteiger partial charge >= 0.3 is 12.1 Å². The first kappa shape index (κ1) is 26.4. The fourth-order valence-corrected chi connectivity index (χ4v) is 4.50. The molecule has 0 aliphatic heterocycles. The van der Waals surface area contributed by atoms with Crippen LogP contribution in [0, 0.1) is 0 Å². The minimum atomic E-state index is -1.16. The summed E-state index contributed by atoms with van der Waals surface area (Å²) in [6, 6.07) is 24.2. The van der Waals surface area contributed by atoms with Crippen LogP contribution in [0.4, 0.5) is 4.79 Å². The predicted molar refractivity (Wildman–Crippen MR) is 140 cm³/mol. The maximum atomic E-state index is 12.2. The number of carbonyl (C=O) groups excluding carboxylic acids is 3. The molecular formula is C29H29N3O6. The number of nitrogens with one attached hydrogen (secondary N) is 3. The van der Waals surface area contributed by atoms with Crippen molar-refractivity contribution >= 4 is 23.9 Å². The van der Waals surface area contributed by atoms with Crippen molar-refractivity contribution in [1.29, 1.82) is 0 Å². The molecule has 38 heavy (non-hydrogen) atoms. The van der Waals surface area contributed by atoms with Crippen LogP contribution in [0.25, 0.3) is 11.1 Å². The Morgan fingerprint density at radius 2 is 1.34 bits per heavy atom. The molecule has 0 saturated carbocycles. The van der Waals surface area contributed by atoms with Crippen LogP contribution in [0.2, 0.25) is 0 Å². The van der Waals surface area contributed by atoms with Crippen LogP contribution >= 0.6 is 0 Å². The predicted octanol–water partition coefficient (Wildman–Crippen LogP) is 2.84. The number of carboxylic acid groups (broad SMARTS) is 1. The first-order chi connectivity index (χ1) is 18.4. The number of carboxylic acids is 1. The molecule has 0 spiro atoms. The van der Waals surface area contributed by atoms with Gasteiger partial charge in [-0.25, -0.2) is 9.59 Å². The van der Waals surface area contributed by atoms with E-state index in [9.17, 15) is 24.3 Å². The Morgan fingerprint density at radius 3 is 1.97 bits per heavy atom. The average Bonchev–Trinajstić information content (AvgIpc) is 3.26. The molecule has 0 unspecified atom stereocenters. The number of rotatable bonds is 11. The number of fused-ring (bicyclic) bond motifs is 3. The smallest absolute Gasteiger partial charge is 0.407 e. The van der Waals surface area contributed by atoms with Gasteiger partial charge in [0, 0.05) is 5.92 Å². The van der Waals surface area contributed by atoms with Gasteiger partial charge in [0.1, 0.15) is 19.2 Å². The summed E-state index contributed by atoms with van der Waals surface area (Å²) < 4.78 is 5.38. The minimum Gasteiger partial charge on any atom is -0.480 e. The Bertz CT molecular complexity index is 1260. The number of alkyl carbamates (subject to hydrolysis) is 1. The maximum Gasteiger partial charge on any atom is 0.407 e. The van der Waals surface area contributed by atoms with Crippen molar-refractivity contribution in [2.24, 2.45) is 0 Å². The third-order valence-corrected chi connectivity index (χ3v) is 6.38. The van der Waals surface area contributed by atoms with Gasteiger partial charge in [0.15, 0.2) is 0 Å². The summed E-state index contributed by atoms with van der Waals surface area (Å²) in [5, 5.41) is 16.5. The summed E-state index contributed by atoms with van der Waals surface area (Å²) in [6.07, 6.45) is -0.0602. The molecule has 0 radical (unpaired) electrons. The van der Waals surface area contributed by atoms with Crippen LogP contribution in [-0.2, 0) is 25.5 Å². The molecule has 0 fully saturated rings. The van der Waals surface area contributed by atoms with Crippen LogP contribution in [0.1, 0.15) is 29.0 Å². The molecule has 0 aromatic heterocycles. The van der Waals surface area contributed by atoms with Crippen LogP contribution in [0.15, 0.2) is 78.9 Å². The molecule has 4 N–H and O–H groups in total. The lowest BCUT2D eigenvalue weighted by Crippen LogP contribution is -2.47. The summed E-state index contributed by atoms with van der Waals surface area (Å²) >= 11 is 0. The first-order valence-electron chi connectivity index (χ1n) is 12.3. The van der Waals surface area contributed by atoms with Crippen LogP contribution < -0.4 is 16.0 Å². The highest BCUT2D eigenvalue weighted by atomic mass is 16.5. The molecule has 3 amide bonds. The minimum absolute atomic E-state index is 0.102. The molecular weight excluding hydrogens is 486 g/mol. The van der Waals surface area contributed by atoms with E-state index in [0.29, 0.717) is 6.42 Å². The molecule has 0 heterocycles. The van der Waals surface area contributed by atoms with Crippen molar-refractivity contribution < 1.29 is 29.0 Å². The SMILES string of the molecule is O=C(CNC(=O)OCC1c2ccccc2-c2ccccc21)NCC(=O)N[C@@H](CCc1ccccc1)C(=O)O. The number of aryl methyl sites for hydroxylation is 1. The van der Waals surface area contributed by atoms with Crippen LogP contribution in [0.5, 0.6) is 0 Å². The van der Waals surface area contributed by atoms with Crippen molar-refractivity contribution in [2.75, 3.05) is 19.7 Å². The normalized spacial score (nSPS) is 12.5. The van der Waals surface area contributed by atoms with Crippen molar-refractivity contribution in [3.05, 3.63) is 95.6 Å². The summed E-state index contributed by atoms with van der Waals surface area (Å²) in [7, 11) is 0. The van der Waals surface area contributed by atoms with Crippen LogP contribution in [-0.4, -0.2) is 54.7 Å². The molecule has 4 rings (SSSR count). The fourth-order valence-electron chi connectivity index (χ4n) is 4.50. The molecule has 0 bridgehead atoms. The van der Waals surface area contributed by atoms with E-state index in [0.717, 1.165) is 27.8 Å². The maximum absolute atomic E-state index is 12.2.